The Balaban J connectivity index is 1.91. The van der Waals surface area contributed by atoms with E-state index in [4.69, 9.17) is 9.47 Å². The number of hydrogen-bond acceptors (Lipinski definition) is 6. The van der Waals surface area contributed by atoms with Crippen molar-refractivity contribution in [3.8, 4) is 11.5 Å². The van der Waals surface area contributed by atoms with Crippen LogP contribution in [0, 0.1) is 6.92 Å². The number of rotatable bonds is 9. The van der Waals surface area contributed by atoms with Gasteiger partial charge in [0.15, 0.2) is 11.5 Å². The first-order valence-corrected chi connectivity index (χ1v) is 11.3. The van der Waals surface area contributed by atoms with Crippen LogP contribution in [0.3, 0.4) is 0 Å². The van der Waals surface area contributed by atoms with Crippen molar-refractivity contribution in [2.45, 2.75) is 40.2 Å². The minimum absolute atomic E-state index is 0.0883. The summed E-state index contributed by atoms with van der Waals surface area (Å²) in [5.74, 6) is 1.26. The van der Waals surface area contributed by atoms with Gasteiger partial charge >= 0.3 is 0 Å². The molecule has 166 valence electrons. The third kappa shape index (κ3) is 4.74. The van der Waals surface area contributed by atoms with E-state index in [0.717, 1.165) is 18.4 Å². The fourth-order valence-corrected chi connectivity index (χ4v) is 4.55. The molecule has 0 fully saturated rings. The number of carbonyl (C=O) groups is 1. The van der Waals surface area contributed by atoms with Crippen LogP contribution in [0.2, 0.25) is 0 Å². The number of fused-ring (bicyclic) bond motifs is 1. The molecule has 2 heterocycles. The highest BCUT2D eigenvalue weighted by Crippen LogP contribution is 2.31. The molecular weight excluding hydrogens is 414 g/mol. The second-order valence-electron chi connectivity index (χ2n) is 7.46. The van der Waals surface area contributed by atoms with E-state index in [-0.39, 0.29) is 11.5 Å². The van der Waals surface area contributed by atoms with Crippen molar-refractivity contribution in [3.05, 3.63) is 50.9 Å². The predicted molar refractivity (Wildman–Crippen MR) is 123 cm³/mol. The number of nitrogens with zero attached hydrogens (tertiary/aromatic N) is 3. The Kier molecular flexibility index (Phi) is 7.33. The molecule has 3 rings (SSSR count). The maximum absolute atomic E-state index is 13.4. The Labute approximate surface area is 186 Å². The number of benzene rings is 1. The van der Waals surface area contributed by atoms with E-state index in [1.54, 1.807) is 14.2 Å². The predicted octanol–water partition coefficient (Wildman–Crippen LogP) is 4.15. The van der Waals surface area contributed by atoms with Crippen LogP contribution in [-0.4, -0.2) is 40.6 Å². The van der Waals surface area contributed by atoms with E-state index in [2.05, 4.69) is 11.9 Å². The van der Waals surface area contributed by atoms with Crippen LogP contribution < -0.4 is 15.0 Å². The molecule has 7 nitrogen and oxygen atoms in total. The number of amides is 1. The minimum atomic E-state index is -0.132. The summed E-state index contributed by atoms with van der Waals surface area (Å²) in [6.45, 7) is 7.58. The van der Waals surface area contributed by atoms with E-state index >= 15 is 0 Å². The van der Waals surface area contributed by atoms with Crippen LogP contribution in [0.1, 0.15) is 47.5 Å². The Morgan fingerprint density at radius 1 is 1.23 bits per heavy atom. The van der Waals surface area contributed by atoms with Crippen LogP contribution in [0.5, 0.6) is 11.5 Å². The standard InChI is InChI=1S/C23H29N3O4S/c1-6-10-26(13-16-8-9-17(30-11-7-2)18(12-16)29-5)23(28)20-15(3)19-21(31-20)24-14-25(4)22(19)27/h8-9,12,14H,6-7,10-11,13H2,1-5H3. The van der Waals surface area contributed by atoms with Gasteiger partial charge in [0.25, 0.3) is 11.5 Å². The van der Waals surface area contributed by atoms with E-state index in [1.165, 1.54) is 22.2 Å². The highest BCUT2D eigenvalue weighted by Gasteiger charge is 2.23. The molecular formula is C23H29N3O4S. The van der Waals surface area contributed by atoms with Gasteiger partial charge in [-0.25, -0.2) is 4.98 Å². The summed E-state index contributed by atoms with van der Waals surface area (Å²) < 4.78 is 12.6. The molecule has 0 bridgehead atoms. The van der Waals surface area contributed by atoms with Gasteiger partial charge in [-0.15, -0.1) is 11.3 Å². The van der Waals surface area contributed by atoms with Crippen molar-refractivity contribution in [2.24, 2.45) is 7.05 Å². The second-order valence-corrected chi connectivity index (χ2v) is 8.46. The summed E-state index contributed by atoms with van der Waals surface area (Å²) >= 11 is 1.28. The Morgan fingerprint density at radius 2 is 2.00 bits per heavy atom. The fourth-order valence-electron chi connectivity index (χ4n) is 3.44. The Hall–Kier alpha value is -2.87. The molecule has 0 aliphatic heterocycles. The van der Waals surface area contributed by atoms with E-state index < -0.39 is 0 Å². The van der Waals surface area contributed by atoms with Crippen molar-refractivity contribution >= 4 is 27.5 Å². The normalized spacial score (nSPS) is 11.0. The number of methoxy groups -OCH3 is 1. The van der Waals surface area contributed by atoms with E-state index in [1.807, 2.05) is 36.9 Å². The molecule has 0 N–H and O–H groups in total. The molecule has 1 amide bonds. The number of carbonyl (C=O) groups excluding carboxylic acids is 1. The molecule has 0 radical (unpaired) electrons. The van der Waals surface area contributed by atoms with Crippen LogP contribution in [0.25, 0.3) is 10.2 Å². The topological polar surface area (TPSA) is 73.7 Å². The lowest BCUT2D eigenvalue weighted by Gasteiger charge is -2.22. The summed E-state index contributed by atoms with van der Waals surface area (Å²) in [5, 5.41) is 0.522. The zero-order valence-corrected chi connectivity index (χ0v) is 19.5. The summed E-state index contributed by atoms with van der Waals surface area (Å²) in [4.78, 5) is 33.3. The zero-order valence-electron chi connectivity index (χ0n) is 18.7. The average Bonchev–Trinajstić information content (AvgIpc) is 3.11. The smallest absolute Gasteiger partial charge is 0.264 e. The van der Waals surface area contributed by atoms with Crippen molar-refractivity contribution in [2.75, 3.05) is 20.3 Å². The number of aryl methyl sites for hydroxylation is 2. The van der Waals surface area contributed by atoms with Gasteiger partial charge in [0.1, 0.15) is 4.83 Å². The first-order valence-electron chi connectivity index (χ1n) is 10.4. The van der Waals surface area contributed by atoms with Crippen molar-refractivity contribution in [3.63, 3.8) is 0 Å². The van der Waals surface area contributed by atoms with Crippen molar-refractivity contribution in [1.82, 2.24) is 14.5 Å². The molecule has 8 heteroatoms. The molecule has 2 aromatic heterocycles. The van der Waals surface area contributed by atoms with Crippen molar-refractivity contribution in [1.29, 1.82) is 0 Å². The molecule has 1 aromatic carbocycles. The van der Waals surface area contributed by atoms with Crippen molar-refractivity contribution < 1.29 is 14.3 Å². The highest BCUT2D eigenvalue weighted by molar-refractivity contribution is 7.20. The summed E-state index contributed by atoms with van der Waals surface area (Å²) in [6, 6.07) is 5.76. The van der Waals surface area contributed by atoms with Gasteiger partial charge < -0.3 is 18.9 Å². The van der Waals surface area contributed by atoms with Gasteiger partial charge in [0.05, 0.1) is 30.3 Å². The second kappa shape index (κ2) is 9.96. The first kappa shape index (κ1) is 22.8. The van der Waals surface area contributed by atoms with Crippen LogP contribution in [-0.2, 0) is 13.6 Å². The molecule has 0 aliphatic carbocycles. The van der Waals surface area contributed by atoms with Crippen LogP contribution >= 0.6 is 11.3 Å². The van der Waals surface area contributed by atoms with Gasteiger partial charge in [-0.05, 0) is 43.0 Å². The van der Waals surface area contributed by atoms with Gasteiger partial charge in [-0.2, -0.15) is 0 Å². The number of hydrogen-bond donors (Lipinski definition) is 0. The maximum Gasteiger partial charge on any atom is 0.264 e. The largest absolute Gasteiger partial charge is 0.493 e. The molecule has 3 aromatic rings. The number of aromatic nitrogens is 2. The highest BCUT2D eigenvalue weighted by atomic mass is 32.1. The summed E-state index contributed by atoms with van der Waals surface area (Å²) in [7, 11) is 3.28. The zero-order chi connectivity index (χ0) is 22.5. The third-order valence-corrected chi connectivity index (χ3v) is 6.24. The Morgan fingerprint density at radius 3 is 2.68 bits per heavy atom. The number of ether oxygens (including phenoxy) is 2. The first-order chi connectivity index (χ1) is 14.9. The average molecular weight is 444 g/mol. The van der Waals surface area contributed by atoms with E-state index in [0.29, 0.717) is 51.9 Å². The molecule has 0 saturated heterocycles. The monoisotopic (exact) mass is 443 g/mol. The molecule has 0 atom stereocenters. The van der Waals surface area contributed by atoms with Crippen LogP contribution in [0.15, 0.2) is 29.3 Å². The third-order valence-electron chi connectivity index (χ3n) is 5.05. The molecule has 0 unspecified atom stereocenters. The summed E-state index contributed by atoms with van der Waals surface area (Å²) in [6.07, 6.45) is 3.23. The summed E-state index contributed by atoms with van der Waals surface area (Å²) in [5.41, 5.74) is 1.52. The SMILES string of the molecule is CCCOc1ccc(CN(CCC)C(=O)c2sc3ncn(C)c(=O)c3c2C)cc1OC. The lowest BCUT2D eigenvalue weighted by Crippen LogP contribution is -2.31. The Bertz CT molecular complexity index is 1140. The van der Waals surface area contributed by atoms with Crippen LogP contribution in [0.4, 0.5) is 0 Å². The molecule has 0 saturated carbocycles. The minimum Gasteiger partial charge on any atom is -0.493 e. The lowest BCUT2D eigenvalue weighted by atomic mass is 10.1. The lowest BCUT2D eigenvalue weighted by molar-refractivity contribution is 0.0747. The van der Waals surface area contributed by atoms with Gasteiger partial charge in [-0.3, -0.25) is 9.59 Å². The molecule has 31 heavy (non-hydrogen) atoms. The quantitative estimate of drug-likeness (QED) is 0.497. The fraction of sp³-hybridized carbons (Fsp3) is 0.435. The van der Waals surface area contributed by atoms with E-state index in [9.17, 15) is 9.59 Å². The number of thiophene rings is 1. The molecule has 0 spiro atoms. The maximum atomic E-state index is 13.4. The van der Waals surface area contributed by atoms with Gasteiger partial charge in [0, 0.05) is 20.1 Å². The van der Waals surface area contributed by atoms with Gasteiger partial charge in [-0.1, -0.05) is 19.9 Å². The molecule has 0 aliphatic rings. The van der Waals surface area contributed by atoms with Gasteiger partial charge in [0.2, 0.25) is 0 Å².